The third-order valence-electron chi connectivity index (χ3n) is 1.63. The molecule has 0 saturated heterocycles. The van der Waals surface area contributed by atoms with Crippen molar-refractivity contribution in [3.63, 3.8) is 0 Å². The van der Waals surface area contributed by atoms with Gasteiger partial charge in [0.05, 0.1) is 6.61 Å². The summed E-state index contributed by atoms with van der Waals surface area (Å²) in [6.07, 6.45) is 1.06. The van der Waals surface area contributed by atoms with Gasteiger partial charge in [-0.15, -0.1) is 0 Å². The molecule has 0 aliphatic carbocycles. The Hall–Kier alpha value is -0.770. The summed E-state index contributed by atoms with van der Waals surface area (Å²) < 4.78 is 5.31. The van der Waals surface area contributed by atoms with Crippen molar-refractivity contribution in [3.05, 3.63) is 0 Å². The van der Waals surface area contributed by atoms with Gasteiger partial charge < -0.3 is 15.0 Å². The Bertz CT molecular complexity index is 149. The summed E-state index contributed by atoms with van der Waals surface area (Å²) in [5.74, 6) is 0. The van der Waals surface area contributed by atoms with E-state index in [1.165, 1.54) is 0 Å². The Labute approximate surface area is 87.3 Å². The summed E-state index contributed by atoms with van der Waals surface area (Å²) >= 11 is 0. The van der Waals surface area contributed by atoms with Crippen LogP contribution in [0.25, 0.3) is 0 Å². The second-order valence-corrected chi connectivity index (χ2v) is 3.31. The first-order chi connectivity index (χ1) is 6.70. The van der Waals surface area contributed by atoms with Gasteiger partial charge in [0.2, 0.25) is 0 Å². The number of ether oxygens (including phenoxy) is 1. The van der Waals surface area contributed by atoms with Crippen molar-refractivity contribution in [1.29, 1.82) is 0 Å². The van der Waals surface area contributed by atoms with Crippen LogP contribution < -0.4 is 5.32 Å². The second-order valence-electron chi connectivity index (χ2n) is 3.31. The van der Waals surface area contributed by atoms with Crippen molar-refractivity contribution in [2.24, 2.45) is 4.99 Å². The van der Waals surface area contributed by atoms with Gasteiger partial charge in [-0.25, -0.2) is 4.99 Å². The van der Waals surface area contributed by atoms with Crippen molar-refractivity contribution in [3.8, 4) is 0 Å². The Balaban J connectivity index is 3.66. The molecule has 0 aromatic rings. The molecule has 0 radical (unpaired) electrons. The molecule has 0 saturated carbocycles. The van der Waals surface area contributed by atoms with Crippen molar-refractivity contribution in [2.75, 3.05) is 40.3 Å². The minimum Gasteiger partial charge on any atom is -0.466 e. The van der Waals surface area contributed by atoms with E-state index in [0.717, 1.165) is 26.1 Å². The SMILES string of the molecule is CCNC(=NCCCN(C)C)OCC. The standard InChI is InChI=1S/C10H23N3O/c1-5-11-10(14-6-2)12-8-7-9-13(3)4/h5-9H2,1-4H3,(H,11,12). The molecule has 0 aromatic carbocycles. The van der Waals surface area contributed by atoms with Crippen LogP contribution in [0, 0.1) is 0 Å². The predicted molar refractivity (Wildman–Crippen MR) is 60.8 cm³/mol. The number of amidine groups is 1. The predicted octanol–water partition coefficient (Wildman–Crippen LogP) is 0.940. The third kappa shape index (κ3) is 7.86. The minimum absolute atomic E-state index is 0.666. The molecule has 0 spiro atoms. The Morgan fingerprint density at radius 2 is 2.07 bits per heavy atom. The molecule has 0 fully saturated rings. The van der Waals surface area contributed by atoms with Gasteiger partial charge in [-0.2, -0.15) is 0 Å². The topological polar surface area (TPSA) is 36.9 Å². The molecule has 0 bridgehead atoms. The molecule has 0 heterocycles. The first kappa shape index (κ1) is 13.2. The Morgan fingerprint density at radius 3 is 2.57 bits per heavy atom. The number of aliphatic imine (C=N–C) groups is 1. The summed E-state index contributed by atoms with van der Waals surface area (Å²) in [5.41, 5.74) is 0. The normalized spacial score (nSPS) is 11.9. The van der Waals surface area contributed by atoms with Gasteiger partial charge in [-0.05, 0) is 40.9 Å². The molecule has 0 rings (SSSR count). The molecule has 14 heavy (non-hydrogen) atoms. The highest BCUT2D eigenvalue weighted by Gasteiger charge is 1.95. The number of nitrogens with zero attached hydrogens (tertiary/aromatic N) is 2. The zero-order valence-corrected chi connectivity index (χ0v) is 9.84. The Morgan fingerprint density at radius 1 is 1.36 bits per heavy atom. The molecule has 0 unspecified atom stereocenters. The summed E-state index contributed by atoms with van der Waals surface area (Å²) in [7, 11) is 4.13. The zero-order valence-electron chi connectivity index (χ0n) is 9.84. The fraction of sp³-hybridized carbons (Fsp3) is 0.900. The van der Waals surface area contributed by atoms with E-state index in [-0.39, 0.29) is 0 Å². The lowest BCUT2D eigenvalue weighted by Gasteiger charge is -2.09. The maximum absolute atomic E-state index is 5.31. The van der Waals surface area contributed by atoms with Gasteiger partial charge in [0.25, 0.3) is 6.02 Å². The lowest BCUT2D eigenvalue weighted by atomic mass is 10.4. The highest BCUT2D eigenvalue weighted by molar-refractivity contribution is 5.73. The second kappa shape index (κ2) is 8.81. The van der Waals surface area contributed by atoms with E-state index in [1.54, 1.807) is 0 Å². The van der Waals surface area contributed by atoms with Crippen molar-refractivity contribution in [1.82, 2.24) is 10.2 Å². The average molecular weight is 201 g/mol. The number of hydrogen-bond acceptors (Lipinski definition) is 3. The van der Waals surface area contributed by atoms with E-state index in [2.05, 4.69) is 29.3 Å². The fourth-order valence-corrected chi connectivity index (χ4v) is 1.01. The molecule has 1 N–H and O–H groups in total. The quantitative estimate of drug-likeness (QED) is 0.395. The monoisotopic (exact) mass is 201 g/mol. The van der Waals surface area contributed by atoms with E-state index in [0.29, 0.717) is 12.6 Å². The van der Waals surface area contributed by atoms with Crippen LogP contribution in [0.4, 0.5) is 0 Å². The van der Waals surface area contributed by atoms with E-state index in [1.807, 2.05) is 13.8 Å². The molecule has 4 nitrogen and oxygen atoms in total. The van der Waals surface area contributed by atoms with Gasteiger partial charge in [0.1, 0.15) is 0 Å². The molecular formula is C10H23N3O. The largest absolute Gasteiger partial charge is 0.466 e. The van der Waals surface area contributed by atoms with Crippen molar-refractivity contribution in [2.45, 2.75) is 20.3 Å². The fourth-order valence-electron chi connectivity index (χ4n) is 1.01. The zero-order chi connectivity index (χ0) is 10.8. The summed E-state index contributed by atoms with van der Waals surface area (Å²) in [5, 5.41) is 3.09. The molecule has 4 heteroatoms. The highest BCUT2D eigenvalue weighted by Crippen LogP contribution is 1.87. The van der Waals surface area contributed by atoms with Crippen LogP contribution in [-0.4, -0.2) is 51.3 Å². The van der Waals surface area contributed by atoms with Gasteiger partial charge in [-0.1, -0.05) is 0 Å². The van der Waals surface area contributed by atoms with Crippen LogP contribution >= 0.6 is 0 Å². The lowest BCUT2D eigenvalue weighted by molar-refractivity contribution is 0.308. The maximum Gasteiger partial charge on any atom is 0.284 e. The van der Waals surface area contributed by atoms with Crippen LogP contribution in [0.2, 0.25) is 0 Å². The highest BCUT2D eigenvalue weighted by atomic mass is 16.5. The van der Waals surface area contributed by atoms with Gasteiger partial charge in [0, 0.05) is 13.1 Å². The maximum atomic E-state index is 5.31. The minimum atomic E-state index is 0.666. The number of hydrogen-bond donors (Lipinski definition) is 1. The lowest BCUT2D eigenvalue weighted by Crippen LogP contribution is -2.26. The van der Waals surface area contributed by atoms with Crippen LogP contribution in [-0.2, 0) is 4.74 Å². The molecule has 0 aromatic heterocycles. The van der Waals surface area contributed by atoms with E-state index >= 15 is 0 Å². The van der Waals surface area contributed by atoms with E-state index in [4.69, 9.17) is 4.74 Å². The van der Waals surface area contributed by atoms with Gasteiger partial charge in [-0.3, -0.25) is 0 Å². The summed E-state index contributed by atoms with van der Waals surface area (Å²) in [6, 6.07) is 0.675. The van der Waals surface area contributed by atoms with E-state index in [9.17, 15) is 0 Å². The molecular weight excluding hydrogens is 178 g/mol. The molecule has 0 aliphatic heterocycles. The van der Waals surface area contributed by atoms with Gasteiger partial charge in [0.15, 0.2) is 0 Å². The number of nitrogens with one attached hydrogen (secondary N) is 1. The Kier molecular flexibility index (Phi) is 8.33. The van der Waals surface area contributed by atoms with Crippen LogP contribution in [0.5, 0.6) is 0 Å². The molecule has 0 aliphatic rings. The van der Waals surface area contributed by atoms with Crippen molar-refractivity contribution < 1.29 is 4.74 Å². The van der Waals surface area contributed by atoms with Crippen LogP contribution in [0.1, 0.15) is 20.3 Å². The molecule has 84 valence electrons. The van der Waals surface area contributed by atoms with E-state index < -0.39 is 0 Å². The van der Waals surface area contributed by atoms with Crippen molar-refractivity contribution >= 4 is 6.02 Å². The van der Waals surface area contributed by atoms with Gasteiger partial charge >= 0.3 is 0 Å². The van der Waals surface area contributed by atoms with Crippen LogP contribution in [0.3, 0.4) is 0 Å². The first-order valence-corrected chi connectivity index (χ1v) is 5.26. The third-order valence-corrected chi connectivity index (χ3v) is 1.63. The average Bonchev–Trinajstić information content (AvgIpc) is 2.12. The number of rotatable bonds is 6. The summed E-state index contributed by atoms with van der Waals surface area (Å²) in [6.45, 7) is 7.41. The molecule has 0 atom stereocenters. The summed E-state index contributed by atoms with van der Waals surface area (Å²) in [4.78, 5) is 6.49. The smallest absolute Gasteiger partial charge is 0.284 e. The first-order valence-electron chi connectivity index (χ1n) is 5.26. The van der Waals surface area contributed by atoms with Crippen LogP contribution in [0.15, 0.2) is 4.99 Å². The molecule has 0 amide bonds.